The van der Waals surface area contributed by atoms with Gasteiger partial charge in [0.1, 0.15) is 0 Å². The lowest BCUT2D eigenvalue weighted by Gasteiger charge is -1.98. The third-order valence-corrected chi connectivity index (χ3v) is 2.31. The third kappa shape index (κ3) is 3.73. The molecule has 12 nitrogen and oxygen atoms in total. The molecule has 2 rings (SSSR count). The van der Waals surface area contributed by atoms with Crippen molar-refractivity contribution in [1.82, 2.24) is 10.3 Å². The lowest BCUT2D eigenvalue weighted by molar-refractivity contribution is -0.156. The molecular weight excluding hydrogens is 332 g/mol. The Morgan fingerprint density at radius 2 is 1.17 bits per heavy atom. The zero-order chi connectivity index (χ0) is 17.7. The van der Waals surface area contributed by atoms with Gasteiger partial charge >= 0.3 is 23.9 Å². The molecule has 2 heterocycles. The highest BCUT2D eigenvalue weighted by Gasteiger charge is 2.25. The van der Waals surface area contributed by atoms with Crippen molar-refractivity contribution in [2.75, 3.05) is 14.2 Å². The maximum absolute atomic E-state index is 11.5. The molecule has 0 aliphatic carbocycles. The summed E-state index contributed by atoms with van der Waals surface area (Å²) in [4.78, 5) is 45.3. The summed E-state index contributed by atoms with van der Waals surface area (Å²) in [6.45, 7) is 0. The highest BCUT2D eigenvalue weighted by atomic mass is 16.6. The molecule has 0 radical (unpaired) electrons. The van der Waals surface area contributed by atoms with Gasteiger partial charge in [0.05, 0.1) is 26.4 Å². The summed E-state index contributed by atoms with van der Waals surface area (Å²) in [5, 5.41) is 6.46. The molecule has 0 atom stereocenters. The standard InChI is InChI=1S/C12H8N2O10/c1-19-9(15)5-3-7(13-23-5)21-11(17)12(18)22-8-4-6(24-14-8)10(16)20-2/h3-4H,1-2H3. The first-order valence-electron chi connectivity index (χ1n) is 5.98. The van der Waals surface area contributed by atoms with Gasteiger partial charge in [-0.15, -0.1) is 0 Å². The van der Waals surface area contributed by atoms with Crippen LogP contribution in [0.15, 0.2) is 21.2 Å². The first-order valence-corrected chi connectivity index (χ1v) is 5.98. The van der Waals surface area contributed by atoms with Crippen LogP contribution in [0.5, 0.6) is 11.8 Å². The van der Waals surface area contributed by atoms with E-state index in [1.54, 1.807) is 0 Å². The largest absolute Gasteiger partial charge is 0.463 e. The van der Waals surface area contributed by atoms with Gasteiger partial charge in [-0.3, -0.25) is 0 Å². The third-order valence-electron chi connectivity index (χ3n) is 2.31. The normalized spacial score (nSPS) is 9.92. The summed E-state index contributed by atoms with van der Waals surface area (Å²) in [5.74, 6) is -6.29. The second-order valence-corrected chi connectivity index (χ2v) is 3.82. The SMILES string of the molecule is COC(=O)c1cc(OC(=O)C(=O)Oc2cc(C(=O)OC)on2)no1. The fraction of sp³-hybridized carbons (Fsp3) is 0.167. The van der Waals surface area contributed by atoms with E-state index in [0.29, 0.717) is 0 Å². The summed E-state index contributed by atoms with van der Waals surface area (Å²) in [5.41, 5.74) is 0. The second-order valence-electron chi connectivity index (χ2n) is 3.82. The predicted octanol–water partition coefficient (Wildman–Crippen LogP) is -0.253. The number of aromatic nitrogens is 2. The molecule has 0 aliphatic rings. The summed E-state index contributed by atoms with van der Waals surface area (Å²) in [7, 11) is 2.21. The van der Waals surface area contributed by atoms with Crippen LogP contribution >= 0.6 is 0 Å². The minimum Gasteiger partial charge on any atom is -0.463 e. The summed E-state index contributed by atoms with van der Waals surface area (Å²) < 4.78 is 26.8. The van der Waals surface area contributed by atoms with Gasteiger partial charge in [0.25, 0.3) is 11.8 Å². The maximum atomic E-state index is 11.5. The van der Waals surface area contributed by atoms with E-state index in [9.17, 15) is 19.2 Å². The van der Waals surface area contributed by atoms with E-state index in [1.165, 1.54) is 0 Å². The van der Waals surface area contributed by atoms with E-state index in [0.717, 1.165) is 26.4 Å². The monoisotopic (exact) mass is 340 g/mol. The van der Waals surface area contributed by atoms with Crippen molar-refractivity contribution >= 4 is 23.9 Å². The van der Waals surface area contributed by atoms with Gasteiger partial charge in [-0.1, -0.05) is 0 Å². The van der Waals surface area contributed by atoms with Crippen molar-refractivity contribution in [2.45, 2.75) is 0 Å². The highest BCUT2D eigenvalue weighted by molar-refractivity contribution is 6.30. The summed E-state index contributed by atoms with van der Waals surface area (Å²) in [6, 6.07) is 1.87. The highest BCUT2D eigenvalue weighted by Crippen LogP contribution is 2.14. The molecule has 0 spiro atoms. The van der Waals surface area contributed by atoms with Gasteiger partial charge in [-0.25, -0.2) is 19.2 Å². The fourth-order valence-electron chi connectivity index (χ4n) is 1.28. The Bertz CT molecular complexity index is 723. The fourth-order valence-corrected chi connectivity index (χ4v) is 1.28. The van der Waals surface area contributed by atoms with Crippen LogP contribution in [-0.2, 0) is 19.1 Å². The van der Waals surface area contributed by atoms with E-state index in [2.05, 4.69) is 38.3 Å². The number of esters is 4. The van der Waals surface area contributed by atoms with Crippen molar-refractivity contribution in [1.29, 1.82) is 0 Å². The lowest BCUT2D eigenvalue weighted by atomic mass is 10.4. The number of methoxy groups -OCH3 is 2. The molecule has 0 unspecified atom stereocenters. The van der Waals surface area contributed by atoms with Gasteiger partial charge in [0.15, 0.2) is 0 Å². The molecule has 0 saturated heterocycles. The van der Waals surface area contributed by atoms with Gasteiger partial charge in [-0.05, 0) is 10.3 Å². The first-order chi connectivity index (χ1) is 11.4. The molecular formula is C12H8N2O10. The molecule has 2 aromatic heterocycles. The molecule has 0 aliphatic heterocycles. The van der Waals surface area contributed by atoms with Crippen LogP contribution in [0.3, 0.4) is 0 Å². The Balaban J connectivity index is 1.96. The zero-order valence-corrected chi connectivity index (χ0v) is 12.1. The number of hydrogen-bond acceptors (Lipinski definition) is 12. The van der Waals surface area contributed by atoms with Gasteiger partial charge in [0, 0.05) is 0 Å². The van der Waals surface area contributed by atoms with Gasteiger partial charge in [0.2, 0.25) is 11.5 Å². The van der Waals surface area contributed by atoms with Crippen LogP contribution in [0.1, 0.15) is 21.1 Å². The lowest BCUT2D eigenvalue weighted by Crippen LogP contribution is -2.25. The number of carbonyl (C=O) groups excluding carboxylic acids is 4. The number of rotatable bonds is 4. The average Bonchev–Trinajstić information content (AvgIpc) is 3.22. The van der Waals surface area contributed by atoms with E-state index in [4.69, 9.17) is 0 Å². The topological polar surface area (TPSA) is 157 Å². The Morgan fingerprint density at radius 1 is 0.792 bits per heavy atom. The Labute approximate surface area is 132 Å². The van der Waals surface area contributed by atoms with Crippen molar-refractivity contribution in [3.63, 3.8) is 0 Å². The molecule has 0 fully saturated rings. The van der Waals surface area contributed by atoms with Crippen LogP contribution in [0, 0.1) is 0 Å². The van der Waals surface area contributed by atoms with Crippen LogP contribution in [0.2, 0.25) is 0 Å². The number of hydrogen-bond donors (Lipinski definition) is 0. The van der Waals surface area contributed by atoms with E-state index < -0.39 is 35.6 Å². The van der Waals surface area contributed by atoms with E-state index >= 15 is 0 Å². The minimum absolute atomic E-state index is 0.340. The molecule has 0 bridgehead atoms. The molecule has 2 aromatic rings. The van der Waals surface area contributed by atoms with Crippen molar-refractivity contribution < 1.29 is 47.2 Å². The molecule has 0 saturated carbocycles. The van der Waals surface area contributed by atoms with Crippen LogP contribution < -0.4 is 9.47 Å². The predicted molar refractivity (Wildman–Crippen MR) is 67.0 cm³/mol. The number of nitrogens with zero attached hydrogens (tertiary/aromatic N) is 2. The first kappa shape index (κ1) is 16.7. The van der Waals surface area contributed by atoms with E-state index in [-0.39, 0.29) is 11.5 Å². The molecule has 0 aromatic carbocycles. The number of ether oxygens (including phenoxy) is 4. The Morgan fingerprint density at radius 3 is 1.50 bits per heavy atom. The van der Waals surface area contributed by atoms with Gasteiger partial charge < -0.3 is 28.0 Å². The maximum Gasteiger partial charge on any atom is 0.424 e. The van der Waals surface area contributed by atoms with Crippen molar-refractivity contribution in [2.24, 2.45) is 0 Å². The summed E-state index contributed by atoms with van der Waals surface area (Å²) in [6.07, 6.45) is 0. The molecule has 0 amide bonds. The Hall–Kier alpha value is -3.70. The molecule has 12 heteroatoms. The second kappa shape index (κ2) is 7.04. The van der Waals surface area contributed by atoms with Crippen molar-refractivity contribution in [3.8, 4) is 11.8 Å². The number of carbonyl (C=O) groups is 4. The molecule has 126 valence electrons. The smallest absolute Gasteiger partial charge is 0.424 e. The van der Waals surface area contributed by atoms with Crippen LogP contribution in [0.25, 0.3) is 0 Å². The minimum atomic E-state index is -1.48. The quantitative estimate of drug-likeness (QED) is 0.531. The van der Waals surface area contributed by atoms with E-state index in [1.807, 2.05) is 0 Å². The molecule has 0 N–H and O–H groups in total. The van der Waals surface area contributed by atoms with Crippen LogP contribution in [0.4, 0.5) is 0 Å². The zero-order valence-electron chi connectivity index (χ0n) is 12.1. The summed E-state index contributed by atoms with van der Waals surface area (Å²) >= 11 is 0. The van der Waals surface area contributed by atoms with Crippen LogP contribution in [-0.4, -0.2) is 48.4 Å². The van der Waals surface area contributed by atoms with Crippen molar-refractivity contribution in [3.05, 3.63) is 23.7 Å². The molecule has 24 heavy (non-hydrogen) atoms. The van der Waals surface area contributed by atoms with Gasteiger partial charge in [-0.2, -0.15) is 0 Å². The Kier molecular flexibility index (Phi) is 4.89. The average molecular weight is 340 g/mol.